The van der Waals surface area contributed by atoms with Crippen LogP contribution >= 0.6 is 15.9 Å². The van der Waals surface area contributed by atoms with Gasteiger partial charge in [0.05, 0.1) is 17.0 Å². The van der Waals surface area contributed by atoms with Gasteiger partial charge in [0, 0.05) is 4.47 Å². The SMILES string of the molecule is CCS(=O)(=O)Nc1ccc(Br)cc1C(=O)O. The predicted octanol–water partition coefficient (Wildman–Crippen LogP) is 1.91. The Balaban J connectivity index is 3.19. The minimum atomic E-state index is -3.47. The van der Waals surface area contributed by atoms with Crippen molar-refractivity contribution in [1.82, 2.24) is 0 Å². The molecule has 0 aromatic heterocycles. The number of carbonyl (C=O) groups is 1. The summed E-state index contributed by atoms with van der Waals surface area (Å²) in [6.45, 7) is 1.47. The molecule has 0 aliphatic rings. The topological polar surface area (TPSA) is 83.5 Å². The van der Waals surface area contributed by atoms with Crippen molar-refractivity contribution in [3.8, 4) is 0 Å². The molecule has 0 unspecified atom stereocenters. The zero-order chi connectivity index (χ0) is 12.3. The van der Waals surface area contributed by atoms with Gasteiger partial charge in [0.15, 0.2) is 0 Å². The van der Waals surface area contributed by atoms with E-state index in [9.17, 15) is 13.2 Å². The molecule has 88 valence electrons. The van der Waals surface area contributed by atoms with E-state index in [0.29, 0.717) is 4.47 Å². The minimum Gasteiger partial charge on any atom is -0.478 e. The molecule has 2 N–H and O–H groups in total. The van der Waals surface area contributed by atoms with Gasteiger partial charge in [-0.2, -0.15) is 0 Å². The summed E-state index contributed by atoms with van der Waals surface area (Å²) in [5.41, 5.74) is -0.0241. The Morgan fingerprint density at radius 2 is 2.12 bits per heavy atom. The quantitative estimate of drug-likeness (QED) is 0.890. The Labute approximate surface area is 102 Å². The highest BCUT2D eigenvalue weighted by Gasteiger charge is 2.15. The molecule has 0 saturated carbocycles. The molecule has 0 amide bonds. The molecule has 1 aromatic carbocycles. The van der Waals surface area contributed by atoms with E-state index in [1.807, 2.05) is 0 Å². The lowest BCUT2D eigenvalue weighted by atomic mass is 10.2. The maximum Gasteiger partial charge on any atom is 0.337 e. The van der Waals surface area contributed by atoms with Crippen molar-refractivity contribution in [2.24, 2.45) is 0 Å². The number of hydrogen-bond donors (Lipinski definition) is 2. The van der Waals surface area contributed by atoms with Crippen LogP contribution in [0.25, 0.3) is 0 Å². The summed E-state index contributed by atoms with van der Waals surface area (Å²) in [4.78, 5) is 10.9. The number of carboxylic acids is 1. The van der Waals surface area contributed by atoms with Crippen LogP contribution in [0.1, 0.15) is 17.3 Å². The van der Waals surface area contributed by atoms with Crippen LogP contribution in [0.4, 0.5) is 5.69 Å². The number of benzene rings is 1. The van der Waals surface area contributed by atoms with E-state index in [4.69, 9.17) is 5.11 Å². The van der Waals surface area contributed by atoms with Gasteiger partial charge in [-0.25, -0.2) is 13.2 Å². The summed E-state index contributed by atoms with van der Waals surface area (Å²) in [7, 11) is -3.47. The number of aromatic carboxylic acids is 1. The predicted molar refractivity (Wildman–Crippen MR) is 64.2 cm³/mol. The number of sulfonamides is 1. The second-order valence-electron chi connectivity index (χ2n) is 3.00. The molecule has 0 radical (unpaired) electrons. The summed E-state index contributed by atoms with van der Waals surface area (Å²) < 4.78 is 25.4. The summed E-state index contributed by atoms with van der Waals surface area (Å²) >= 11 is 3.12. The van der Waals surface area contributed by atoms with E-state index in [0.717, 1.165) is 0 Å². The number of nitrogens with one attached hydrogen (secondary N) is 1. The molecule has 0 atom stereocenters. The molecule has 16 heavy (non-hydrogen) atoms. The fraction of sp³-hybridized carbons (Fsp3) is 0.222. The molecule has 1 rings (SSSR count). The van der Waals surface area contributed by atoms with Crippen LogP contribution in [0.2, 0.25) is 0 Å². The van der Waals surface area contributed by atoms with E-state index in [1.54, 1.807) is 6.07 Å². The highest BCUT2D eigenvalue weighted by atomic mass is 79.9. The molecule has 7 heteroatoms. The summed E-state index contributed by atoms with van der Waals surface area (Å²) in [6, 6.07) is 4.32. The fourth-order valence-corrected chi connectivity index (χ4v) is 2.04. The van der Waals surface area contributed by atoms with Crippen LogP contribution in [-0.4, -0.2) is 25.2 Å². The maximum absolute atomic E-state index is 11.3. The average molecular weight is 308 g/mol. The van der Waals surface area contributed by atoms with Crippen molar-refractivity contribution in [2.75, 3.05) is 10.5 Å². The van der Waals surface area contributed by atoms with E-state index in [2.05, 4.69) is 20.7 Å². The molecule has 0 aliphatic carbocycles. The number of rotatable bonds is 4. The van der Waals surface area contributed by atoms with Gasteiger partial charge in [-0.3, -0.25) is 4.72 Å². The largest absolute Gasteiger partial charge is 0.478 e. The minimum absolute atomic E-state index is 0.0672. The summed E-state index contributed by atoms with van der Waals surface area (Å²) in [6.07, 6.45) is 0. The second kappa shape index (κ2) is 4.84. The van der Waals surface area contributed by atoms with E-state index in [1.165, 1.54) is 19.1 Å². The fourth-order valence-electron chi connectivity index (χ4n) is 1.02. The molecule has 0 aliphatic heterocycles. The third-order valence-corrected chi connectivity index (χ3v) is 3.64. The first-order chi connectivity index (χ1) is 7.35. The average Bonchev–Trinajstić information content (AvgIpc) is 2.20. The first-order valence-corrected chi connectivity index (χ1v) is 6.83. The highest BCUT2D eigenvalue weighted by molar-refractivity contribution is 9.10. The Bertz CT molecular complexity index is 512. The molecule has 0 heterocycles. The lowest BCUT2D eigenvalue weighted by Crippen LogP contribution is -2.16. The van der Waals surface area contributed by atoms with Gasteiger partial charge in [0.2, 0.25) is 10.0 Å². The first kappa shape index (κ1) is 13.0. The Morgan fingerprint density at radius 3 is 2.62 bits per heavy atom. The van der Waals surface area contributed by atoms with Crippen molar-refractivity contribution in [1.29, 1.82) is 0 Å². The van der Waals surface area contributed by atoms with Gasteiger partial charge >= 0.3 is 5.97 Å². The van der Waals surface area contributed by atoms with E-state index < -0.39 is 16.0 Å². The van der Waals surface area contributed by atoms with Crippen molar-refractivity contribution >= 4 is 37.6 Å². The Kier molecular flexibility index (Phi) is 3.93. The standard InChI is InChI=1S/C9H10BrNO4S/c1-2-16(14,15)11-8-4-3-6(10)5-7(8)9(12)13/h3-5,11H,2H2,1H3,(H,12,13). The van der Waals surface area contributed by atoms with Crippen molar-refractivity contribution in [3.05, 3.63) is 28.2 Å². The van der Waals surface area contributed by atoms with Crippen LogP contribution in [0.5, 0.6) is 0 Å². The van der Waals surface area contributed by atoms with Crippen molar-refractivity contribution in [2.45, 2.75) is 6.92 Å². The van der Waals surface area contributed by atoms with Gasteiger partial charge in [0.1, 0.15) is 0 Å². The lowest BCUT2D eigenvalue weighted by molar-refractivity contribution is 0.0698. The number of halogens is 1. The number of hydrogen-bond acceptors (Lipinski definition) is 3. The Hall–Kier alpha value is -1.08. The van der Waals surface area contributed by atoms with Gasteiger partial charge in [-0.15, -0.1) is 0 Å². The summed E-state index contributed by atoms with van der Waals surface area (Å²) in [5, 5.41) is 8.90. The third kappa shape index (κ3) is 3.21. The molecular formula is C9H10BrNO4S. The van der Waals surface area contributed by atoms with Crippen LogP contribution in [0.15, 0.2) is 22.7 Å². The van der Waals surface area contributed by atoms with Crippen molar-refractivity contribution in [3.63, 3.8) is 0 Å². The molecule has 5 nitrogen and oxygen atoms in total. The maximum atomic E-state index is 11.3. The summed E-state index contributed by atoms with van der Waals surface area (Å²) in [5.74, 6) is -1.29. The first-order valence-electron chi connectivity index (χ1n) is 4.39. The van der Waals surface area contributed by atoms with Crippen LogP contribution in [0, 0.1) is 0 Å². The molecule has 0 saturated heterocycles. The lowest BCUT2D eigenvalue weighted by Gasteiger charge is -2.09. The normalized spacial score (nSPS) is 11.1. The van der Waals surface area contributed by atoms with Gasteiger partial charge in [0.25, 0.3) is 0 Å². The molecule has 0 spiro atoms. The van der Waals surface area contributed by atoms with Crippen LogP contribution < -0.4 is 4.72 Å². The Morgan fingerprint density at radius 1 is 1.50 bits per heavy atom. The van der Waals surface area contributed by atoms with E-state index >= 15 is 0 Å². The van der Waals surface area contributed by atoms with E-state index in [-0.39, 0.29) is 17.0 Å². The molecular weight excluding hydrogens is 298 g/mol. The molecule has 1 aromatic rings. The highest BCUT2D eigenvalue weighted by Crippen LogP contribution is 2.22. The molecule has 0 fully saturated rings. The van der Waals surface area contributed by atoms with Gasteiger partial charge in [-0.1, -0.05) is 15.9 Å². The van der Waals surface area contributed by atoms with Crippen molar-refractivity contribution < 1.29 is 18.3 Å². The zero-order valence-electron chi connectivity index (χ0n) is 8.40. The third-order valence-electron chi connectivity index (χ3n) is 1.86. The van der Waals surface area contributed by atoms with Gasteiger partial charge in [-0.05, 0) is 25.1 Å². The molecule has 0 bridgehead atoms. The second-order valence-corrected chi connectivity index (χ2v) is 5.93. The van der Waals surface area contributed by atoms with Crippen LogP contribution in [-0.2, 0) is 10.0 Å². The van der Waals surface area contributed by atoms with Crippen LogP contribution in [0.3, 0.4) is 0 Å². The van der Waals surface area contributed by atoms with Gasteiger partial charge < -0.3 is 5.11 Å². The zero-order valence-corrected chi connectivity index (χ0v) is 10.8. The monoisotopic (exact) mass is 307 g/mol. The number of carboxylic acid groups (broad SMARTS) is 1. The smallest absolute Gasteiger partial charge is 0.337 e. The number of anilines is 1.